The Bertz CT molecular complexity index is 619. The minimum Gasteiger partial charge on any atom is -0.310 e. The summed E-state index contributed by atoms with van der Waals surface area (Å²) >= 11 is 0. The van der Waals surface area contributed by atoms with Gasteiger partial charge in [0.1, 0.15) is 0 Å². The lowest BCUT2D eigenvalue weighted by Crippen LogP contribution is -2.24. The van der Waals surface area contributed by atoms with Gasteiger partial charge >= 0.3 is 0 Å². The predicted molar refractivity (Wildman–Crippen MR) is 87.1 cm³/mol. The first-order valence-corrected chi connectivity index (χ1v) is 8.46. The Kier molecular flexibility index (Phi) is 3.42. The molecule has 0 bridgehead atoms. The summed E-state index contributed by atoms with van der Waals surface area (Å²) in [5, 5.41) is 6.42. The molecule has 110 valence electrons. The standard InChI is InChI=1S/C19H24N2/c1-2-21-19(18-14-7-3-4-8-15(14)18)16-9-5-6-13-10-11-20-12-17(13)16/h5-6,9-12,14-15,18-19,21H,2-4,7-8H2,1H3. The van der Waals surface area contributed by atoms with Crippen molar-refractivity contribution in [2.45, 2.75) is 38.6 Å². The molecule has 2 fully saturated rings. The van der Waals surface area contributed by atoms with Gasteiger partial charge in [0.05, 0.1) is 0 Å². The smallest absolute Gasteiger partial charge is 0.0360 e. The zero-order chi connectivity index (χ0) is 14.2. The van der Waals surface area contributed by atoms with E-state index in [1.54, 1.807) is 0 Å². The highest BCUT2D eigenvalue weighted by Crippen LogP contribution is 2.60. The average molecular weight is 280 g/mol. The Hall–Kier alpha value is -1.41. The van der Waals surface area contributed by atoms with Crippen molar-refractivity contribution in [2.75, 3.05) is 6.54 Å². The van der Waals surface area contributed by atoms with Crippen LogP contribution in [-0.4, -0.2) is 11.5 Å². The van der Waals surface area contributed by atoms with Gasteiger partial charge in [-0.25, -0.2) is 0 Å². The van der Waals surface area contributed by atoms with E-state index in [1.807, 2.05) is 12.4 Å². The molecule has 2 heteroatoms. The van der Waals surface area contributed by atoms with Gasteiger partial charge in [-0.1, -0.05) is 38.0 Å². The van der Waals surface area contributed by atoms with Gasteiger partial charge in [0.25, 0.3) is 0 Å². The zero-order valence-corrected chi connectivity index (χ0v) is 12.8. The molecule has 0 spiro atoms. The van der Waals surface area contributed by atoms with E-state index in [-0.39, 0.29) is 0 Å². The van der Waals surface area contributed by atoms with Crippen LogP contribution in [0.25, 0.3) is 10.8 Å². The molecule has 0 amide bonds. The molecule has 1 heterocycles. The number of hydrogen-bond acceptors (Lipinski definition) is 2. The molecular formula is C19H24N2. The number of fused-ring (bicyclic) bond motifs is 2. The van der Waals surface area contributed by atoms with Crippen molar-refractivity contribution in [1.29, 1.82) is 0 Å². The normalized spacial score (nSPS) is 29.1. The van der Waals surface area contributed by atoms with Crippen LogP contribution in [0.5, 0.6) is 0 Å². The van der Waals surface area contributed by atoms with Crippen molar-refractivity contribution < 1.29 is 0 Å². The number of benzene rings is 1. The number of aromatic nitrogens is 1. The number of nitrogens with one attached hydrogen (secondary N) is 1. The van der Waals surface area contributed by atoms with Crippen LogP contribution in [0.1, 0.15) is 44.2 Å². The van der Waals surface area contributed by atoms with Crippen LogP contribution >= 0.6 is 0 Å². The highest BCUT2D eigenvalue weighted by molar-refractivity contribution is 5.85. The van der Waals surface area contributed by atoms with Gasteiger partial charge in [-0.05, 0) is 54.2 Å². The van der Waals surface area contributed by atoms with Crippen LogP contribution in [-0.2, 0) is 0 Å². The maximum absolute atomic E-state index is 4.36. The Morgan fingerprint density at radius 3 is 2.76 bits per heavy atom. The molecule has 0 saturated heterocycles. The molecule has 1 aromatic heterocycles. The lowest BCUT2D eigenvalue weighted by molar-refractivity contribution is 0.459. The summed E-state index contributed by atoms with van der Waals surface area (Å²) in [7, 11) is 0. The summed E-state index contributed by atoms with van der Waals surface area (Å²) < 4.78 is 0. The van der Waals surface area contributed by atoms with Gasteiger partial charge in [-0.3, -0.25) is 4.98 Å². The molecule has 0 aliphatic heterocycles. The fourth-order valence-electron chi connectivity index (χ4n) is 4.62. The van der Waals surface area contributed by atoms with Gasteiger partial charge in [0.15, 0.2) is 0 Å². The molecule has 21 heavy (non-hydrogen) atoms. The van der Waals surface area contributed by atoms with Crippen molar-refractivity contribution in [3.8, 4) is 0 Å². The van der Waals surface area contributed by atoms with Gasteiger partial charge < -0.3 is 5.32 Å². The van der Waals surface area contributed by atoms with Crippen molar-refractivity contribution >= 4 is 10.8 Å². The molecule has 1 N–H and O–H groups in total. The first kappa shape index (κ1) is 13.3. The van der Waals surface area contributed by atoms with E-state index in [0.29, 0.717) is 6.04 Å². The molecule has 3 atom stereocenters. The second kappa shape index (κ2) is 5.42. The third-order valence-corrected chi connectivity index (χ3v) is 5.58. The summed E-state index contributed by atoms with van der Waals surface area (Å²) in [5.74, 6) is 2.78. The molecule has 3 unspecified atom stereocenters. The third kappa shape index (κ3) is 2.26. The minimum atomic E-state index is 0.510. The van der Waals surface area contributed by atoms with Crippen LogP contribution in [0.2, 0.25) is 0 Å². The maximum atomic E-state index is 4.36. The first-order chi connectivity index (χ1) is 10.4. The van der Waals surface area contributed by atoms with E-state index in [9.17, 15) is 0 Å². The number of pyridine rings is 1. The van der Waals surface area contributed by atoms with Crippen molar-refractivity contribution in [3.63, 3.8) is 0 Å². The SMILES string of the molecule is CCNC(c1cccc2ccncc12)C1C2CCCCC21. The molecule has 2 saturated carbocycles. The van der Waals surface area contributed by atoms with Crippen LogP contribution in [0.4, 0.5) is 0 Å². The fraction of sp³-hybridized carbons (Fsp3) is 0.526. The Labute approximate surface area is 127 Å². The number of hydrogen-bond donors (Lipinski definition) is 1. The van der Waals surface area contributed by atoms with Crippen molar-refractivity contribution in [2.24, 2.45) is 17.8 Å². The van der Waals surface area contributed by atoms with Crippen molar-refractivity contribution in [3.05, 3.63) is 42.2 Å². The highest BCUT2D eigenvalue weighted by Gasteiger charge is 2.54. The first-order valence-electron chi connectivity index (χ1n) is 8.46. The molecular weight excluding hydrogens is 256 g/mol. The van der Waals surface area contributed by atoms with E-state index in [2.05, 4.69) is 41.5 Å². The van der Waals surface area contributed by atoms with Crippen LogP contribution in [0.3, 0.4) is 0 Å². The van der Waals surface area contributed by atoms with E-state index in [4.69, 9.17) is 0 Å². The topological polar surface area (TPSA) is 24.9 Å². The molecule has 2 aliphatic carbocycles. The van der Waals surface area contributed by atoms with Crippen LogP contribution in [0.15, 0.2) is 36.7 Å². The molecule has 2 aromatic rings. The largest absolute Gasteiger partial charge is 0.310 e. The minimum absolute atomic E-state index is 0.510. The highest BCUT2D eigenvalue weighted by atomic mass is 14.9. The zero-order valence-electron chi connectivity index (χ0n) is 12.8. The van der Waals surface area contributed by atoms with E-state index >= 15 is 0 Å². The van der Waals surface area contributed by atoms with Gasteiger partial charge in [0.2, 0.25) is 0 Å². The number of nitrogens with zero attached hydrogens (tertiary/aromatic N) is 1. The molecule has 2 aliphatic rings. The summed E-state index contributed by atoms with van der Waals surface area (Å²) in [6, 6.07) is 9.34. The summed E-state index contributed by atoms with van der Waals surface area (Å²) in [4.78, 5) is 4.36. The van der Waals surface area contributed by atoms with Crippen LogP contribution < -0.4 is 5.32 Å². The Morgan fingerprint density at radius 2 is 2.00 bits per heavy atom. The molecule has 2 nitrogen and oxygen atoms in total. The third-order valence-electron chi connectivity index (χ3n) is 5.58. The van der Waals surface area contributed by atoms with Gasteiger partial charge in [-0.15, -0.1) is 0 Å². The summed E-state index contributed by atoms with van der Waals surface area (Å²) in [6.07, 6.45) is 9.70. The average Bonchev–Trinajstić information content (AvgIpc) is 3.26. The molecule has 0 radical (unpaired) electrons. The summed E-state index contributed by atoms with van der Waals surface area (Å²) in [6.45, 7) is 3.26. The van der Waals surface area contributed by atoms with E-state index in [0.717, 1.165) is 24.3 Å². The van der Waals surface area contributed by atoms with E-state index < -0.39 is 0 Å². The Balaban J connectivity index is 1.73. The van der Waals surface area contributed by atoms with Crippen LogP contribution in [0, 0.1) is 17.8 Å². The second-order valence-electron chi connectivity index (χ2n) is 6.67. The Morgan fingerprint density at radius 1 is 1.19 bits per heavy atom. The predicted octanol–water partition coefficient (Wildman–Crippen LogP) is 4.32. The van der Waals surface area contributed by atoms with E-state index in [1.165, 1.54) is 42.0 Å². The van der Waals surface area contributed by atoms with Gasteiger partial charge in [0, 0.05) is 23.8 Å². The van der Waals surface area contributed by atoms with Gasteiger partial charge in [-0.2, -0.15) is 0 Å². The quantitative estimate of drug-likeness (QED) is 0.902. The monoisotopic (exact) mass is 280 g/mol. The number of rotatable bonds is 4. The lowest BCUT2D eigenvalue weighted by Gasteiger charge is -2.21. The maximum Gasteiger partial charge on any atom is 0.0360 e. The molecule has 1 aromatic carbocycles. The molecule has 4 rings (SSSR count). The summed E-state index contributed by atoms with van der Waals surface area (Å²) in [5.41, 5.74) is 1.46. The fourth-order valence-corrected chi connectivity index (χ4v) is 4.62. The lowest BCUT2D eigenvalue weighted by atomic mass is 9.95. The second-order valence-corrected chi connectivity index (χ2v) is 6.67. The van der Waals surface area contributed by atoms with Crippen molar-refractivity contribution in [1.82, 2.24) is 10.3 Å².